The van der Waals surface area contributed by atoms with Gasteiger partial charge in [-0.05, 0) is 12.1 Å². The molecule has 112 valence electrons. The molecule has 2 aromatic rings. The number of anilines is 1. The Morgan fingerprint density at radius 3 is 2.52 bits per heavy atom. The summed E-state index contributed by atoms with van der Waals surface area (Å²) in [6.07, 6.45) is 2.81. The molecule has 2 heterocycles. The van der Waals surface area contributed by atoms with E-state index in [0.29, 0.717) is 31.7 Å². The van der Waals surface area contributed by atoms with E-state index < -0.39 is 10.0 Å². The monoisotopic (exact) mass is 309 g/mol. The summed E-state index contributed by atoms with van der Waals surface area (Å²) in [6.45, 7) is 2.06. The highest BCUT2D eigenvalue weighted by Gasteiger charge is 2.24. The Labute approximate surface area is 123 Å². The maximum absolute atomic E-state index is 13.8. The van der Waals surface area contributed by atoms with Crippen LogP contribution in [-0.4, -0.2) is 50.1 Å². The largest absolute Gasteiger partial charge is 0.368 e. The van der Waals surface area contributed by atoms with Gasteiger partial charge in [0.05, 0.1) is 6.26 Å². The van der Waals surface area contributed by atoms with Crippen LogP contribution in [0.4, 0.5) is 10.1 Å². The first-order valence-corrected chi connectivity index (χ1v) is 8.55. The number of fused-ring (bicyclic) bond motifs is 1. The van der Waals surface area contributed by atoms with Crippen LogP contribution in [0.1, 0.15) is 0 Å². The third-order valence-corrected chi connectivity index (χ3v) is 5.05. The Hall–Kier alpha value is -1.73. The first-order valence-electron chi connectivity index (χ1n) is 6.70. The molecule has 1 aliphatic rings. The number of benzene rings is 1. The zero-order valence-electron chi connectivity index (χ0n) is 11.7. The van der Waals surface area contributed by atoms with Crippen LogP contribution >= 0.6 is 0 Å². The zero-order valence-corrected chi connectivity index (χ0v) is 12.5. The zero-order chi connectivity index (χ0) is 15.0. The van der Waals surface area contributed by atoms with Gasteiger partial charge >= 0.3 is 0 Å². The summed E-state index contributed by atoms with van der Waals surface area (Å²) in [6, 6.07) is 6.73. The molecule has 0 saturated carbocycles. The van der Waals surface area contributed by atoms with E-state index in [2.05, 4.69) is 9.88 Å². The third kappa shape index (κ3) is 2.71. The smallest absolute Gasteiger partial charge is 0.211 e. The summed E-state index contributed by atoms with van der Waals surface area (Å²) in [7, 11) is -3.15. The van der Waals surface area contributed by atoms with E-state index in [1.54, 1.807) is 12.3 Å². The van der Waals surface area contributed by atoms with E-state index in [-0.39, 0.29) is 5.82 Å². The van der Waals surface area contributed by atoms with Crippen LogP contribution in [0.2, 0.25) is 0 Å². The number of rotatable bonds is 2. The second-order valence-corrected chi connectivity index (χ2v) is 7.10. The molecule has 0 spiro atoms. The number of sulfonamides is 1. The maximum atomic E-state index is 13.8. The lowest BCUT2D eigenvalue weighted by atomic mass is 10.1. The molecule has 1 fully saturated rings. The minimum absolute atomic E-state index is 0.343. The predicted molar refractivity (Wildman–Crippen MR) is 80.3 cm³/mol. The summed E-state index contributed by atoms with van der Waals surface area (Å²) in [5, 5.41) is 0.755. The first kappa shape index (κ1) is 14.2. The van der Waals surface area contributed by atoms with Crippen molar-refractivity contribution in [2.75, 3.05) is 37.3 Å². The molecule has 1 saturated heterocycles. The molecular weight excluding hydrogens is 293 g/mol. The molecule has 0 N–H and O–H groups in total. The van der Waals surface area contributed by atoms with E-state index in [1.807, 2.05) is 12.1 Å². The number of pyridine rings is 1. The highest BCUT2D eigenvalue weighted by molar-refractivity contribution is 7.88. The Balaban J connectivity index is 1.91. The van der Waals surface area contributed by atoms with Crippen molar-refractivity contribution in [3.05, 3.63) is 36.3 Å². The molecule has 0 radical (unpaired) electrons. The summed E-state index contributed by atoms with van der Waals surface area (Å²) in [4.78, 5) is 6.16. The molecule has 0 amide bonds. The molecule has 5 nitrogen and oxygen atoms in total. The Morgan fingerprint density at radius 2 is 1.86 bits per heavy atom. The van der Waals surface area contributed by atoms with Gasteiger partial charge in [0.1, 0.15) is 11.3 Å². The van der Waals surface area contributed by atoms with E-state index in [0.717, 1.165) is 11.1 Å². The SMILES string of the molecule is CS(=O)(=O)N1CCN(c2ccnc3c(F)cccc23)CC1. The van der Waals surface area contributed by atoms with Gasteiger partial charge in [0.2, 0.25) is 10.0 Å². The van der Waals surface area contributed by atoms with Crippen molar-refractivity contribution in [2.45, 2.75) is 0 Å². The van der Waals surface area contributed by atoms with Crippen LogP contribution in [0.5, 0.6) is 0 Å². The topological polar surface area (TPSA) is 53.5 Å². The number of halogens is 1. The van der Waals surface area contributed by atoms with Crippen LogP contribution in [0.25, 0.3) is 10.9 Å². The fourth-order valence-corrected chi connectivity index (χ4v) is 3.49. The van der Waals surface area contributed by atoms with Gasteiger partial charge in [-0.15, -0.1) is 0 Å². The third-order valence-electron chi connectivity index (χ3n) is 3.75. The van der Waals surface area contributed by atoms with Gasteiger partial charge in [-0.2, -0.15) is 4.31 Å². The highest BCUT2D eigenvalue weighted by Crippen LogP contribution is 2.27. The van der Waals surface area contributed by atoms with Crippen LogP contribution in [0.3, 0.4) is 0 Å². The van der Waals surface area contributed by atoms with Crippen molar-refractivity contribution in [3.8, 4) is 0 Å². The van der Waals surface area contributed by atoms with E-state index in [9.17, 15) is 12.8 Å². The van der Waals surface area contributed by atoms with Gasteiger partial charge in [0.15, 0.2) is 0 Å². The fourth-order valence-electron chi connectivity index (χ4n) is 2.66. The van der Waals surface area contributed by atoms with Gasteiger partial charge in [-0.1, -0.05) is 12.1 Å². The van der Waals surface area contributed by atoms with Gasteiger partial charge in [0, 0.05) is 43.4 Å². The van der Waals surface area contributed by atoms with Crippen molar-refractivity contribution < 1.29 is 12.8 Å². The number of nitrogens with zero attached hydrogens (tertiary/aromatic N) is 3. The lowest BCUT2D eigenvalue weighted by Crippen LogP contribution is -2.48. The standard InChI is InChI=1S/C14H16FN3O2S/c1-21(19,20)18-9-7-17(8-10-18)13-5-6-16-14-11(13)3-2-4-12(14)15/h2-6H,7-10H2,1H3. The average Bonchev–Trinajstić information content (AvgIpc) is 2.46. The molecular formula is C14H16FN3O2S. The van der Waals surface area contributed by atoms with Crippen molar-refractivity contribution >= 4 is 26.6 Å². The lowest BCUT2D eigenvalue weighted by Gasteiger charge is -2.35. The predicted octanol–water partition coefficient (Wildman–Crippen LogP) is 1.46. The molecule has 0 unspecified atom stereocenters. The second kappa shape index (κ2) is 5.23. The summed E-state index contributed by atoms with van der Waals surface area (Å²) in [5.74, 6) is -0.343. The summed E-state index contributed by atoms with van der Waals surface area (Å²) >= 11 is 0. The molecule has 1 aliphatic heterocycles. The van der Waals surface area contributed by atoms with Crippen LogP contribution in [-0.2, 0) is 10.0 Å². The van der Waals surface area contributed by atoms with E-state index >= 15 is 0 Å². The molecule has 7 heteroatoms. The minimum Gasteiger partial charge on any atom is -0.368 e. The van der Waals surface area contributed by atoms with Gasteiger partial charge in [-0.25, -0.2) is 12.8 Å². The molecule has 0 aliphatic carbocycles. The second-order valence-electron chi connectivity index (χ2n) is 5.12. The van der Waals surface area contributed by atoms with Crippen molar-refractivity contribution in [1.82, 2.24) is 9.29 Å². The Morgan fingerprint density at radius 1 is 1.14 bits per heavy atom. The Bertz CT molecular complexity index is 771. The molecule has 1 aromatic heterocycles. The van der Waals surface area contributed by atoms with Gasteiger partial charge < -0.3 is 4.90 Å². The number of hydrogen-bond acceptors (Lipinski definition) is 4. The van der Waals surface area contributed by atoms with Crippen molar-refractivity contribution in [3.63, 3.8) is 0 Å². The first-order chi connectivity index (χ1) is 9.97. The van der Waals surface area contributed by atoms with E-state index in [1.165, 1.54) is 16.6 Å². The normalized spacial score (nSPS) is 17.3. The number of aromatic nitrogens is 1. The van der Waals surface area contributed by atoms with E-state index in [4.69, 9.17) is 0 Å². The van der Waals surface area contributed by atoms with Crippen molar-refractivity contribution in [2.24, 2.45) is 0 Å². The van der Waals surface area contributed by atoms with Gasteiger partial charge in [-0.3, -0.25) is 4.98 Å². The average molecular weight is 309 g/mol. The molecule has 0 bridgehead atoms. The maximum Gasteiger partial charge on any atom is 0.211 e. The highest BCUT2D eigenvalue weighted by atomic mass is 32.2. The van der Waals surface area contributed by atoms with Crippen LogP contribution < -0.4 is 4.90 Å². The van der Waals surface area contributed by atoms with Crippen molar-refractivity contribution in [1.29, 1.82) is 0 Å². The lowest BCUT2D eigenvalue weighted by molar-refractivity contribution is 0.388. The van der Waals surface area contributed by atoms with Crippen LogP contribution in [0, 0.1) is 5.82 Å². The van der Waals surface area contributed by atoms with Gasteiger partial charge in [0.25, 0.3) is 0 Å². The minimum atomic E-state index is -3.15. The quantitative estimate of drug-likeness (QED) is 0.843. The Kier molecular flexibility index (Phi) is 3.54. The molecule has 0 atom stereocenters. The summed E-state index contributed by atoms with van der Waals surface area (Å²) < 4.78 is 38.3. The number of para-hydroxylation sites is 1. The molecule has 3 rings (SSSR count). The number of piperazine rings is 1. The van der Waals surface area contributed by atoms with Crippen LogP contribution in [0.15, 0.2) is 30.5 Å². The molecule has 1 aromatic carbocycles. The molecule has 21 heavy (non-hydrogen) atoms. The summed E-state index contributed by atoms with van der Waals surface area (Å²) in [5.41, 5.74) is 1.24. The fraction of sp³-hybridized carbons (Fsp3) is 0.357. The number of hydrogen-bond donors (Lipinski definition) is 0.